The van der Waals surface area contributed by atoms with Crippen LogP contribution in [0.1, 0.15) is 18.1 Å². The van der Waals surface area contributed by atoms with Gasteiger partial charge in [-0.1, -0.05) is 31.2 Å². The maximum Gasteiger partial charge on any atom is 0.320 e. The van der Waals surface area contributed by atoms with Crippen LogP contribution in [0.2, 0.25) is 0 Å². The summed E-state index contributed by atoms with van der Waals surface area (Å²) >= 11 is 0. The Kier molecular flexibility index (Phi) is 4.90. The summed E-state index contributed by atoms with van der Waals surface area (Å²) in [5.41, 5.74) is 9.70. The molecule has 126 valence electrons. The number of anilines is 1. The Morgan fingerprint density at radius 2 is 1.83 bits per heavy atom. The van der Waals surface area contributed by atoms with Gasteiger partial charge in [-0.15, -0.1) is 0 Å². The molecule has 0 saturated carbocycles. The van der Waals surface area contributed by atoms with E-state index in [4.69, 9.17) is 15.2 Å². The zero-order valence-corrected chi connectivity index (χ0v) is 13.9. The standard InChI is InChI=1S/C17H21N5O2/c1-3-12-4-6-13(7-5-12)10-22-11-19-14-15(18)20-17(21-16(14)22)24-9-8-23-2/h4-7,11H,3,8-10H2,1-2H3,(H2,18,20,21). The molecule has 0 aliphatic rings. The van der Waals surface area contributed by atoms with Gasteiger partial charge in [0.1, 0.15) is 6.61 Å². The number of aromatic nitrogens is 4. The van der Waals surface area contributed by atoms with Crippen LogP contribution < -0.4 is 10.5 Å². The zero-order chi connectivity index (χ0) is 16.9. The zero-order valence-electron chi connectivity index (χ0n) is 13.9. The average Bonchev–Trinajstić information content (AvgIpc) is 2.99. The van der Waals surface area contributed by atoms with Gasteiger partial charge in [0.05, 0.1) is 19.5 Å². The molecule has 0 amide bonds. The van der Waals surface area contributed by atoms with Crippen molar-refractivity contribution in [2.75, 3.05) is 26.1 Å². The summed E-state index contributed by atoms with van der Waals surface area (Å²) in [6.07, 6.45) is 2.75. The molecule has 3 rings (SSSR count). The lowest BCUT2D eigenvalue weighted by Crippen LogP contribution is -2.09. The number of aryl methyl sites for hydroxylation is 1. The molecule has 0 radical (unpaired) electrons. The van der Waals surface area contributed by atoms with Crippen LogP contribution >= 0.6 is 0 Å². The van der Waals surface area contributed by atoms with Gasteiger partial charge in [0.15, 0.2) is 17.0 Å². The minimum atomic E-state index is 0.236. The van der Waals surface area contributed by atoms with Gasteiger partial charge >= 0.3 is 6.01 Å². The Hall–Kier alpha value is -2.67. The Morgan fingerprint density at radius 1 is 1.08 bits per heavy atom. The molecule has 0 spiro atoms. The molecule has 0 saturated heterocycles. The van der Waals surface area contributed by atoms with E-state index in [1.54, 1.807) is 13.4 Å². The van der Waals surface area contributed by atoms with Crippen molar-refractivity contribution in [2.24, 2.45) is 0 Å². The van der Waals surface area contributed by atoms with Crippen LogP contribution in [0.15, 0.2) is 30.6 Å². The largest absolute Gasteiger partial charge is 0.461 e. The molecule has 2 heterocycles. The third-order valence-electron chi connectivity index (χ3n) is 3.77. The normalized spacial score (nSPS) is 11.1. The minimum Gasteiger partial charge on any atom is -0.461 e. The lowest BCUT2D eigenvalue weighted by Gasteiger charge is -2.07. The third-order valence-corrected chi connectivity index (χ3v) is 3.77. The fourth-order valence-electron chi connectivity index (χ4n) is 2.42. The lowest BCUT2D eigenvalue weighted by molar-refractivity contribution is 0.141. The van der Waals surface area contributed by atoms with Gasteiger partial charge in [-0.2, -0.15) is 9.97 Å². The average molecular weight is 327 g/mol. The molecule has 1 aromatic carbocycles. The molecule has 0 aliphatic heterocycles. The number of rotatable bonds is 7. The highest BCUT2D eigenvalue weighted by Crippen LogP contribution is 2.20. The quantitative estimate of drug-likeness (QED) is 0.668. The van der Waals surface area contributed by atoms with Gasteiger partial charge in [0.2, 0.25) is 0 Å². The van der Waals surface area contributed by atoms with Crippen molar-refractivity contribution >= 4 is 17.0 Å². The molecule has 0 bridgehead atoms. The van der Waals surface area contributed by atoms with Crippen molar-refractivity contribution in [3.8, 4) is 6.01 Å². The van der Waals surface area contributed by atoms with Crippen LogP contribution in [0.4, 0.5) is 5.82 Å². The number of hydrogen-bond donors (Lipinski definition) is 1. The van der Waals surface area contributed by atoms with E-state index in [2.05, 4.69) is 46.1 Å². The molecule has 7 heteroatoms. The topological polar surface area (TPSA) is 88.1 Å². The van der Waals surface area contributed by atoms with Crippen molar-refractivity contribution in [3.63, 3.8) is 0 Å². The molecule has 0 fully saturated rings. The first-order chi connectivity index (χ1) is 11.7. The van der Waals surface area contributed by atoms with Crippen molar-refractivity contribution in [1.82, 2.24) is 19.5 Å². The van der Waals surface area contributed by atoms with Crippen molar-refractivity contribution in [1.29, 1.82) is 0 Å². The monoisotopic (exact) mass is 327 g/mol. The van der Waals surface area contributed by atoms with E-state index in [1.165, 1.54) is 11.1 Å². The first-order valence-electron chi connectivity index (χ1n) is 7.89. The number of nitrogens with two attached hydrogens (primary N) is 1. The molecule has 3 aromatic rings. The molecule has 0 unspecified atom stereocenters. The summed E-state index contributed by atoms with van der Waals surface area (Å²) in [6.45, 7) is 3.63. The van der Waals surface area contributed by atoms with E-state index in [0.717, 1.165) is 6.42 Å². The summed E-state index contributed by atoms with van der Waals surface area (Å²) in [6, 6.07) is 8.74. The highest BCUT2D eigenvalue weighted by Gasteiger charge is 2.12. The van der Waals surface area contributed by atoms with Crippen LogP contribution in [-0.2, 0) is 17.7 Å². The van der Waals surface area contributed by atoms with E-state index in [0.29, 0.717) is 36.7 Å². The van der Waals surface area contributed by atoms with Gasteiger partial charge in [0.25, 0.3) is 0 Å². The number of benzene rings is 1. The Balaban J connectivity index is 1.86. The van der Waals surface area contributed by atoms with Crippen LogP contribution in [0.25, 0.3) is 11.2 Å². The molecular formula is C17H21N5O2. The Morgan fingerprint density at radius 3 is 2.54 bits per heavy atom. The number of imidazole rings is 1. The second kappa shape index (κ2) is 7.27. The van der Waals surface area contributed by atoms with Gasteiger partial charge in [-0.05, 0) is 17.5 Å². The summed E-state index contributed by atoms with van der Waals surface area (Å²) in [4.78, 5) is 12.9. The van der Waals surface area contributed by atoms with E-state index in [9.17, 15) is 0 Å². The number of nitrogen functional groups attached to an aromatic ring is 1. The van der Waals surface area contributed by atoms with Crippen LogP contribution in [-0.4, -0.2) is 39.8 Å². The number of nitrogens with zero attached hydrogens (tertiary/aromatic N) is 4. The molecule has 0 atom stereocenters. The Labute approximate surface area is 140 Å². The maximum atomic E-state index is 5.97. The van der Waals surface area contributed by atoms with Gasteiger partial charge in [-0.25, -0.2) is 4.98 Å². The summed E-state index contributed by atoms with van der Waals surface area (Å²) in [5.74, 6) is 0.312. The number of hydrogen-bond acceptors (Lipinski definition) is 6. The predicted octanol–water partition coefficient (Wildman–Crippen LogP) is 2.04. The minimum absolute atomic E-state index is 0.236. The Bertz CT molecular complexity index is 814. The first kappa shape index (κ1) is 16.2. The second-order valence-electron chi connectivity index (χ2n) is 5.45. The molecule has 7 nitrogen and oxygen atoms in total. The van der Waals surface area contributed by atoms with E-state index in [-0.39, 0.29) is 6.01 Å². The van der Waals surface area contributed by atoms with Crippen molar-refractivity contribution < 1.29 is 9.47 Å². The molecule has 0 aliphatic carbocycles. The highest BCUT2D eigenvalue weighted by molar-refractivity contribution is 5.81. The van der Waals surface area contributed by atoms with E-state index < -0.39 is 0 Å². The van der Waals surface area contributed by atoms with Gasteiger partial charge in [0, 0.05) is 7.11 Å². The summed E-state index contributed by atoms with van der Waals surface area (Å²) in [5, 5.41) is 0. The fraction of sp³-hybridized carbons (Fsp3) is 0.353. The SMILES string of the molecule is CCc1ccc(Cn2cnc3c(N)nc(OCCOC)nc32)cc1. The van der Waals surface area contributed by atoms with Crippen molar-refractivity contribution in [3.05, 3.63) is 41.7 Å². The predicted molar refractivity (Wildman–Crippen MR) is 92.0 cm³/mol. The second-order valence-corrected chi connectivity index (χ2v) is 5.45. The van der Waals surface area contributed by atoms with Crippen LogP contribution in [0.3, 0.4) is 0 Å². The third kappa shape index (κ3) is 3.46. The molecule has 2 N–H and O–H groups in total. The van der Waals surface area contributed by atoms with Gasteiger partial charge < -0.3 is 19.8 Å². The fourth-order valence-corrected chi connectivity index (χ4v) is 2.42. The van der Waals surface area contributed by atoms with E-state index >= 15 is 0 Å². The first-order valence-corrected chi connectivity index (χ1v) is 7.89. The van der Waals surface area contributed by atoms with Gasteiger partial charge in [-0.3, -0.25) is 0 Å². The number of fused-ring (bicyclic) bond motifs is 1. The highest BCUT2D eigenvalue weighted by atomic mass is 16.5. The lowest BCUT2D eigenvalue weighted by atomic mass is 10.1. The summed E-state index contributed by atoms with van der Waals surface area (Å²) < 4.78 is 12.4. The van der Waals surface area contributed by atoms with Crippen LogP contribution in [0, 0.1) is 0 Å². The van der Waals surface area contributed by atoms with Crippen LogP contribution in [0.5, 0.6) is 6.01 Å². The molecule has 2 aromatic heterocycles. The summed E-state index contributed by atoms with van der Waals surface area (Å²) in [7, 11) is 1.61. The molecule has 24 heavy (non-hydrogen) atoms. The molecular weight excluding hydrogens is 306 g/mol. The van der Waals surface area contributed by atoms with E-state index in [1.807, 2.05) is 4.57 Å². The smallest absolute Gasteiger partial charge is 0.320 e. The number of ether oxygens (including phenoxy) is 2. The maximum absolute atomic E-state index is 5.97. The van der Waals surface area contributed by atoms with Crippen molar-refractivity contribution in [2.45, 2.75) is 19.9 Å². The number of methoxy groups -OCH3 is 1.